The van der Waals surface area contributed by atoms with Gasteiger partial charge in [-0.15, -0.1) is 0 Å². The fraction of sp³-hybridized carbons (Fsp3) is 0.360. The highest BCUT2D eigenvalue weighted by Gasteiger charge is 2.11. The Morgan fingerprint density at radius 3 is 2.59 bits per heavy atom. The number of morpholine rings is 1. The zero-order valence-electron chi connectivity index (χ0n) is 17.2. The lowest BCUT2D eigenvalue weighted by molar-refractivity contribution is 0.0384. The van der Waals surface area contributed by atoms with Crippen LogP contribution in [0.5, 0.6) is 5.75 Å². The molecule has 0 amide bonds. The summed E-state index contributed by atoms with van der Waals surface area (Å²) in [6.45, 7) is 9.25. The van der Waals surface area contributed by atoms with Gasteiger partial charge in [0.15, 0.2) is 0 Å². The second-order valence-electron chi connectivity index (χ2n) is 7.67. The molecule has 1 aliphatic rings. The molecule has 0 unspecified atom stereocenters. The van der Waals surface area contributed by atoms with Crippen LogP contribution in [-0.4, -0.2) is 44.3 Å². The number of benzene rings is 3. The van der Waals surface area contributed by atoms with Crippen molar-refractivity contribution in [1.29, 1.82) is 0 Å². The maximum Gasteiger partial charge on any atom is 0.124 e. The largest absolute Gasteiger partial charge is 0.489 e. The SMILES string of the molecule is Cc1ccc(COc2ccc3ccccc3c2CNCCN2CCOCC2)cc1. The summed E-state index contributed by atoms with van der Waals surface area (Å²) in [5.74, 6) is 0.961. The third-order valence-electron chi connectivity index (χ3n) is 5.52. The molecule has 4 rings (SSSR count). The van der Waals surface area contributed by atoms with E-state index in [1.54, 1.807) is 0 Å². The summed E-state index contributed by atoms with van der Waals surface area (Å²) in [6.07, 6.45) is 0. The van der Waals surface area contributed by atoms with Crippen LogP contribution in [0.15, 0.2) is 60.7 Å². The van der Waals surface area contributed by atoms with Crippen LogP contribution in [0.4, 0.5) is 0 Å². The zero-order valence-corrected chi connectivity index (χ0v) is 17.2. The van der Waals surface area contributed by atoms with Crippen LogP contribution in [-0.2, 0) is 17.9 Å². The molecule has 1 heterocycles. The minimum absolute atomic E-state index is 0.583. The molecule has 1 aliphatic heterocycles. The van der Waals surface area contributed by atoms with Crippen molar-refractivity contribution in [2.45, 2.75) is 20.1 Å². The van der Waals surface area contributed by atoms with Crippen molar-refractivity contribution < 1.29 is 9.47 Å². The lowest BCUT2D eigenvalue weighted by Crippen LogP contribution is -2.40. The summed E-state index contributed by atoms with van der Waals surface area (Å²) in [4.78, 5) is 2.45. The van der Waals surface area contributed by atoms with Gasteiger partial charge in [0.05, 0.1) is 13.2 Å². The van der Waals surface area contributed by atoms with Gasteiger partial charge in [-0.25, -0.2) is 0 Å². The van der Waals surface area contributed by atoms with Gasteiger partial charge in [-0.1, -0.05) is 60.2 Å². The van der Waals surface area contributed by atoms with Crippen LogP contribution in [0.3, 0.4) is 0 Å². The maximum atomic E-state index is 6.25. The third-order valence-corrected chi connectivity index (χ3v) is 5.52. The second kappa shape index (κ2) is 9.88. The first-order chi connectivity index (χ1) is 14.3. The number of hydrogen-bond acceptors (Lipinski definition) is 4. The molecule has 0 radical (unpaired) electrons. The molecule has 1 N–H and O–H groups in total. The van der Waals surface area contributed by atoms with Crippen LogP contribution in [0.1, 0.15) is 16.7 Å². The van der Waals surface area contributed by atoms with E-state index in [-0.39, 0.29) is 0 Å². The number of fused-ring (bicyclic) bond motifs is 1. The molecule has 1 fully saturated rings. The molecule has 3 aromatic carbocycles. The number of ether oxygens (including phenoxy) is 2. The molecule has 1 saturated heterocycles. The summed E-state index contributed by atoms with van der Waals surface area (Å²) in [5.41, 5.74) is 3.69. The van der Waals surface area contributed by atoms with Gasteiger partial charge in [-0.05, 0) is 29.3 Å². The van der Waals surface area contributed by atoms with E-state index in [4.69, 9.17) is 9.47 Å². The first kappa shape index (κ1) is 19.9. The van der Waals surface area contributed by atoms with Crippen molar-refractivity contribution in [3.05, 3.63) is 77.4 Å². The van der Waals surface area contributed by atoms with Gasteiger partial charge in [0.2, 0.25) is 0 Å². The number of aryl methyl sites for hydroxylation is 1. The van der Waals surface area contributed by atoms with Gasteiger partial charge in [0.1, 0.15) is 12.4 Å². The Balaban J connectivity index is 1.44. The third kappa shape index (κ3) is 5.36. The Morgan fingerprint density at radius 1 is 0.966 bits per heavy atom. The van der Waals surface area contributed by atoms with Crippen molar-refractivity contribution >= 4 is 10.8 Å². The van der Waals surface area contributed by atoms with Gasteiger partial charge >= 0.3 is 0 Å². The van der Waals surface area contributed by atoms with Gasteiger partial charge < -0.3 is 14.8 Å². The predicted octanol–water partition coefficient (Wildman–Crippen LogP) is 4.15. The number of nitrogens with zero attached hydrogens (tertiary/aromatic N) is 1. The van der Waals surface area contributed by atoms with Crippen molar-refractivity contribution in [2.24, 2.45) is 0 Å². The van der Waals surface area contributed by atoms with Crippen LogP contribution in [0.2, 0.25) is 0 Å². The van der Waals surface area contributed by atoms with E-state index >= 15 is 0 Å². The maximum absolute atomic E-state index is 6.25. The van der Waals surface area contributed by atoms with Crippen molar-refractivity contribution in [2.75, 3.05) is 39.4 Å². The topological polar surface area (TPSA) is 33.7 Å². The Labute approximate surface area is 173 Å². The Morgan fingerprint density at radius 2 is 1.76 bits per heavy atom. The average molecular weight is 391 g/mol. The summed E-state index contributed by atoms with van der Waals surface area (Å²) in [6, 6.07) is 21.3. The monoisotopic (exact) mass is 390 g/mol. The second-order valence-corrected chi connectivity index (χ2v) is 7.67. The van der Waals surface area contributed by atoms with Gasteiger partial charge in [-0.3, -0.25) is 4.90 Å². The first-order valence-electron chi connectivity index (χ1n) is 10.5. The molecule has 0 bridgehead atoms. The summed E-state index contributed by atoms with van der Waals surface area (Å²) in [7, 11) is 0. The summed E-state index contributed by atoms with van der Waals surface area (Å²) in [5, 5.41) is 6.13. The van der Waals surface area contributed by atoms with E-state index < -0.39 is 0 Å². The standard InChI is InChI=1S/C25H30N2O2/c1-20-6-8-21(9-7-20)19-29-25-11-10-22-4-2-3-5-23(22)24(25)18-26-12-13-27-14-16-28-17-15-27/h2-11,26H,12-19H2,1H3. The van der Waals surface area contributed by atoms with E-state index in [0.717, 1.165) is 51.7 Å². The highest BCUT2D eigenvalue weighted by Crippen LogP contribution is 2.28. The summed E-state index contributed by atoms with van der Waals surface area (Å²) < 4.78 is 11.7. The molecule has 3 aromatic rings. The van der Waals surface area contributed by atoms with E-state index in [1.165, 1.54) is 27.5 Å². The molecule has 0 saturated carbocycles. The molecular formula is C25H30N2O2. The molecule has 0 aliphatic carbocycles. The van der Waals surface area contributed by atoms with E-state index in [1.807, 2.05) is 0 Å². The molecule has 29 heavy (non-hydrogen) atoms. The molecule has 152 valence electrons. The fourth-order valence-electron chi connectivity index (χ4n) is 3.75. The minimum atomic E-state index is 0.583. The fourth-order valence-corrected chi connectivity index (χ4v) is 3.75. The zero-order chi connectivity index (χ0) is 19.9. The number of rotatable bonds is 8. The lowest BCUT2D eigenvalue weighted by Gasteiger charge is -2.26. The Bertz CT molecular complexity index is 918. The molecule has 4 heteroatoms. The van der Waals surface area contributed by atoms with Gasteiger partial charge in [0.25, 0.3) is 0 Å². The Hall–Kier alpha value is -2.40. The molecule has 4 nitrogen and oxygen atoms in total. The highest BCUT2D eigenvalue weighted by atomic mass is 16.5. The highest BCUT2D eigenvalue weighted by molar-refractivity contribution is 5.87. The average Bonchev–Trinajstić information content (AvgIpc) is 2.77. The van der Waals surface area contributed by atoms with Crippen LogP contribution in [0.25, 0.3) is 10.8 Å². The lowest BCUT2D eigenvalue weighted by atomic mass is 10.0. The van der Waals surface area contributed by atoms with Gasteiger partial charge in [-0.2, -0.15) is 0 Å². The molecular weight excluding hydrogens is 360 g/mol. The van der Waals surface area contributed by atoms with E-state index in [9.17, 15) is 0 Å². The van der Waals surface area contributed by atoms with Crippen LogP contribution in [0, 0.1) is 6.92 Å². The quantitative estimate of drug-likeness (QED) is 0.586. The first-order valence-corrected chi connectivity index (χ1v) is 10.5. The molecule has 0 aromatic heterocycles. The number of nitrogens with one attached hydrogen (secondary N) is 1. The van der Waals surface area contributed by atoms with Crippen molar-refractivity contribution in [1.82, 2.24) is 10.2 Å². The Kier molecular flexibility index (Phi) is 6.78. The number of hydrogen-bond donors (Lipinski definition) is 1. The predicted molar refractivity (Wildman–Crippen MR) is 118 cm³/mol. The molecule has 0 spiro atoms. The minimum Gasteiger partial charge on any atom is -0.489 e. The van der Waals surface area contributed by atoms with Gasteiger partial charge in [0, 0.05) is 38.3 Å². The normalized spacial score (nSPS) is 14.9. The van der Waals surface area contributed by atoms with Crippen molar-refractivity contribution in [3.8, 4) is 5.75 Å². The molecule has 0 atom stereocenters. The van der Waals surface area contributed by atoms with Crippen molar-refractivity contribution in [3.63, 3.8) is 0 Å². The van der Waals surface area contributed by atoms with Crippen LogP contribution >= 0.6 is 0 Å². The van der Waals surface area contributed by atoms with E-state index in [0.29, 0.717) is 6.61 Å². The smallest absolute Gasteiger partial charge is 0.124 e. The summed E-state index contributed by atoms with van der Waals surface area (Å²) >= 11 is 0. The van der Waals surface area contributed by atoms with E-state index in [2.05, 4.69) is 77.8 Å². The van der Waals surface area contributed by atoms with Crippen LogP contribution < -0.4 is 10.1 Å².